The van der Waals surface area contributed by atoms with Crippen LogP contribution in [0.5, 0.6) is 0 Å². The van der Waals surface area contributed by atoms with Gasteiger partial charge in [0, 0.05) is 11.1 Å². The molecule has 0 aliphatic carbocycles. The lowest BCUT2D eigenvalue weighted by molar-refractivity contribution is -0.113. The van der Waals surface area contributed by atoms with E-state index in [-0.39, 0.29) is 11.7 Å². The molecule has 0 radical (unpaired) electrons. The van der Waals surface area contributed by atoms with Crippen molar-refractivity contribution in [3.8, 4) is 5.69 Å². The normalized spacial score (nSPS) is 10.9. The number of hydrogen-bond acceptors (Lipinski definition) is 6. The molecule has 0 saturated carbocycles. The maximum absolute atomic E-state index is 12.6. The van der Waals surface area contributed by atoms with Gasteiger partial charge >= 0.3 is 0 Å². The van der Waals surface area contributed by atoms with Gasteiger partial charge in [0.2, 0.25) is 11.1 Å². The summed E-state index contributed by atoms with van der Waals surface area (Å²) >= 11 is 7.21. The van der Waals surface area contributed by atoms with Crippen molar-refractivity contribution in [2.75, 3.05) is 11.1 Å². The molecule has 31 heavy (non-hydrogen) atoms. The smallest absolute Gasteiger partial charge is 0.235 e. The van der Waals surface area contributed by atoms with Crippen LogP contribution in [-0.2, 0) is 11.3 Å². The number of hydrogen-bond donors (Lipinski definition) is 1. The second kappa shape index (κ2) is 9.32. The Bertz CT molecular complexity index is 1200. The number of anilines is 1. The van der Waals surface area contributed by atoms with Crippen LogP contribution in [0, 0.1) is 13.8 Å². The van der Waals surface area contributed by atoms with Crippen LogP contribution in [0.15, 0.2) is 59.9 Å². The molecule has 0 fully saturated rings. The van der Waals surface area contributed by atoms with Gasteiger partial charge in [-0.25, -0.2) is 4.68 Å². The molecule has 1 N–H and O–H groups in total. The molecule has 0 saturated heterocycles. The van der Waals surface area contributed by atoms with Crippen molar-refractivity contribution in [1.82, 2.24) is 30.0 Å². The highest BCUT2D eigenvalue weighted by atomic mass is 35.5. The fourth-order valence-electron chi connectivity index (χ4n) is 3.02. The van der Waals surface area contributed by atoms with Gasteiger partial charge in [0.15, 0.2) is 0 Å². The molecular formula is C21H20ClN7OS. The molecule has 1 amide bonds. The topological polar surface area (TPSA) is 90.5 Å². The van der Waals surface area contributed by atoms with Crippen molar-refractivity contribution in [3.05, 3.63) is 76.4 Å². The Morgan fingerprint density at radius 2 is 1.94 bits per heavy atom. The van der Waals surface area contributed by atoms with Crippen LogP contribution in [0.2, 0.25) is 5.02 Å². The molecule has 4 rings (SSSR count). The molecule has 2 heterocycles. The van der Waals surface area contributed by atoms with E-state index in [1.165, 1.54) is 11.8 Å². The van der Waals surface area contributed by atoms with E-state index in [4.69, 9.17) is 11.6 Å². The van der Waals surface area contributed by atoms with Crippen molar-refractivity contribution in [3.63, 3.8) is 0 Å². The summed E-state index contributed by atoms with van der Waals surface area (Å²) in [6, 6.07) is 15.2. The molecule has 0 aliphatic heterocycles. The predicted molar refractivity (Wildman–Crippen MR) is 121 cm³/mol. The van der Waals surface area contributed by atoms with Crippen molar-refractivity contribution >= 4 is 35.1 Å². The highest BCUT2D eigenvalue weighted by molar-refractivity contribution is 7.99. The van der Waals surface area contributed by atoms with E-state index in [0.29, 0.717) is 22.5 Å². The standard InChI is InChI=1S/C21H20ClN7OS/c1-14-4-3-5-18(15(14)2)29-21(25-26-27-29)31-13-20(30)24-19-10-11-23-28(19)12-16-6-8-17(22)9-7-16/h3-11H,12-13H2,1-2H3,(H,24,30). The Kier molecular flexibility index (Phi) is 6.34. The summed E-state index contributed by atoms with van der Waals surface area (Å²) in [5, 5.41) is 20.4. The minimum atomic E-state index is -0.168. The van der Waals surface area contributed by atoms with Crippen LogP contribution in [0.3, 0.4) is 0 Å². The predicted octanol–water partition coefficient (Wildman–Crippen LogP) is 3.91. The molecule has 0 unspecified atom stereocenters. The Labute approximate surface area is 188 Å². The number of thioether (sulfide) groups is 1. The first-order valence-corrected chi connectivity index (χ1v) is 10.9. The molecule has 0 aliphatic rings. The van der Waals surface area contributed by atoms with Gasteiger partial charge in [-0.1, -0.05) is 47.6 Å². The average Bonchev–Trinajstić information content (AvgIpc) is 3.40. The lowest BCUT2D eigenvalue weighted by Gasteiger charge is -2.10. The van der Waals surface area contributed by atoms with Gasteiger partial charge in [0.25, 0.3) is 0 Å². The largest absolute Gasteiger partial charge is 0.310 e. The second-order valence-corrected chi connectivity index (χ2v) is 8.31. The van der Waals surface area contributed by atoms with Crippen molar-refractivity contribution in [2.45, 2.75) is 25.5 Å². The quantitative estimate of drug-likeness (QED) is 0.427. The molecule has 158 valence electrons. The summed E-state index contributed by atoms with van der Waals surface area (Å²) in [5.74, 6) is 0.616. The third-order valence-electron chi connectivity index (χ3n) is 4.81. The number of carbonyl (C=O) groups is 1. The van der Waals surface area contributed by atoms with E-state index in [1.807, 2.05) is 56.3 Å². The maximum atomic E-state index is 12.6. The minimum Gasteiger partial charge on any atom is -0.310 e. The summed E-state index contributed by atoms with van der Waals surface area (Å²) in [5.41, 5.74) is 4.17. The number of aryl methyl sites for hydroxylation is 1. The zero-order chi connectivity index (χ0) is 21.8. The molecule has 4 aromatic rings. The van der Waals surface area contributed by atoms with E-state index in [0.717, 1.165) is 22.4 Å². The second-order valence-electron chi connectivity index (χ2n) is 6.93. The SMILES string of the molecule is Cc1cccc(-n2nnnc2SCC(=O)Nc2ccnn2Cc2ccc(Cl)cc2)c1C. The number of rotatable bonds is 7. The van der Waals surface area contributed by atoms with E-state index in [1.54, 1.807) is 21.6 Å². The number of benzene rings is 2. The number of nitrogens with one attached hydrogen (secondary N) is 1. The minimum absolute atomic E-state index is 0.164. The van der Waals surface area contributed by atoms with E-state index < -0.39 is 0 Å². The third-order valence-corrected chi connectivity index (χ3v) is 5.98. The Balaban J connectivity index is 1.40. The molecule has 0 bridgehead atoms. The molecule has 2 aromatic carbocycles. The van der Waals surface area contributed by atoms with Crippen LogP contribution >= 0.6 is 23.4 Å². The molecule has 0 spiro atoms. The first kappa shape index (κ1) is 21.1. The molecular weight excluding hydrogens is 434 g/mol. The first-order chi connectivity index (χ1) is 15.0. The number of halogens is 1. The van der Waals surface area contributed by atoms with Crippen molar-refractivity contribution < 1.29 is 4.79 Å². The number of tetrazole rings is 1. The summed E-state index contributed by atoms with van der Waals surface area (Å²) in [7, 11) is 0. The summed E-state index contributed by atoms with van der Waals surface area (Å²) in [6.45, 7) is 4.59. The van der Waals surface area contributed by atoms with Crippen LogP contribution < -0.4 is 5.32 Å². The highest BCUT2D eigenvalue weighted by Gasteiger charge is 2.15. The summed E-state index contributed by atoms with van der Waals surface area (Å²) < 4.78 is 3.39. The van der Waals surface area contributed by atoms with Crippen molar-refractivity contribution in [2.24, 2.45) is 0 Å². The first-order valence-electron chi connectivity index (χ1n) is 9.55. The van der Waals surface area contributed by atoms with Gasteiger partial charge in [-0.2, -0.15) is 9.78 Å². The number of amides is 1. The highest BCUT2D eigenvalue weighted by Crippen LogP contribution is 2.22. The number of carbonyl (C=O) groups excluding carboxylic acids is 1. The number of aromatic nitrogens is 6. The van der Waals surface area contributed by atoms with Gasteiger partial charge in [0.05, 0.1) is 24.2 Å². The Morgan fingerprint density at radius 3 is 2.74 bits per heavy atom. The Morgan fingerprint density at radius 1 is 1.13 bits per heavy atom. The lowest BCUT2D eigenvalue weighted by atomic mass is 10.1. The zero-order valence-electron chi connectivity index (χ0n) is 17.0. The molecule has 8 nitrogen and oxygen atoms in total. The zero-order valence-corrected chi connectivity index (χ0v) is 18.6. The van der Waals surface area contributed by atoms with Gasteiger partial charge < -0.3 is 5.32 Å². The van der Waals surface area contributed by atoms with Gasteiger partial charge in [-0.3, -0.25) is 4.79 Å². The maximum Gasteiger partial charge on any atom is 0.235 e. The van der Waals surface area contributed by atoms with Gasteiger partial charge in [0.1, 0.15) is 5.82 Å². The lowest BCUT2D eigenvalue weighted by Crippen LogP contribution is -2.18. The number of nitrogens with zero attached hydrogens (tertiary/aromatic N) is 6. The monoisotopic (exact) mass is 453 g/mol. The van der Waals surface area contributed by atoms with Crippen LogP contribution in [0.1, 0.15) is 16.7 Å². The summed E-state index contributed by atoms with van der Waals surface area (Å²) in [6.07, 6.45) is 1.65. The third kappa shape index (κ3) is 4.95. The van der Waals surface area contributed by atoms with E-state index in [9.17, 15) is 4.79 Å². The van der Waals surface area contributed by atoms with Crippen LogP contribution in [0.4, 0.5) is 5.82 Å². The van der Waals surface area contributed by atoms with Crippen LogP contribution in [0.25, 0.3) is 5.69 Å². The molecule has 10 heteroatoms. The van der Waals surface area contributed by atoms with E-state index in [2.05, 4.69) is 25.9 Å². The van der Waals surface area contributed by atoms with Crippen molar-refractivity contribution in [1.29, 1.82) is 0 Å². The Hall–Kier alpha value is -3.17. The fraction of sp³-hybridized carbons (Fsp3) is 0.190. The van der Waals surface area contributed by atoms with Gasteiger partial charge in [-0.15, -0.1) is 5.10 Å². The average molecular weight is 454 g/mol. The van der Waals surface area contributed by atoms with Gasteiger partial charge in [-0.05, 0) is 59.2 Å². The summed E-state index contributed by atoms with van der Waals surface area (Å²) in [4.78, 5) is 12.6. The van der Waals surface area contributed by atoms with Crippen LogP contribution in [-0.4, -0.2) is 41.6 Å². The molecule has 2 aromatic heterocycles. The fourth-order valence-corrected chi connectivity index (χ4v) is 3.83. The van der Waals surface area contributed by atoms with E-state index >= 15 is 0 Å². The molecule has 0 atom stereocenters.